The van der Waals surface area contributed by atoms with Crippen molar-refractivity contribution in [2.45, 2.75) is 13.0 Å². The van der Waals surface area contributed by atoms with Gasteiger partial charge in [0.25, 0.3) is 0 Å². The second kappa shape index (κ2) is 8.39. The van der Waals surface area contributed by atoms with E-state index in [1.54, 1.807) is 19.2 Å². The van der Waals surface area contributed by atoms with E-state index in [4.69, 9.17) is 14.6 Å². The number of aliphatic hydroxyl groups is 1. The summed E-state index contributed by atoms with van der Waals surface area (Å²) < 4.78 is 12.0. The first-order valence-electron chi connectivity index (χ1n) is 9.55. The number of hydrogen-bond acceptors (Lipinski definition) is 5. The normalized spacial score (nSPS) is 10.9. The number of hydrogen-bond donors (Lipinski definition) is 1. The molecule has 0 unspecified atom stereocenters. The Morgan fingerprint density at radius 2 is 1.80 bits per heavy atom. The van der Waals surface area contributed by atoms with Gasteiger partial charge >= 0.3 is 5.97 Å². The molecule has 0 aliphatic rings. The number of carbonyl (C=O) groups is 1. The van der Waals surface area contributed by atoms with Crippen LogP contribution in [0.5, 0.6) is 5.75 Å². The summed E-state index contributed by atoms with van der Waals surface area (Å²) in [6.07, 6.45) is 2.38. The molecule has 4 aromatic rings. The molecule has 2 heterocycles. The van der Waals surface area contributed by atoms with E-state index >= 15 is 0 Å². The Morgan fingerprint density at radius 1 is 1.03 bits per heavy atom. The molecule has 1 N–H and O–H groups in total. The Kier molecular flexibility index (Phi) is 5.50. The molecule has 0 aliphatic heterocycles. The molecular weight excluding hydrogens is 380 g/mol. The number of methoxy groups -OCH3 is 2. The fourth-order valence-corrected chi connectivity index (χ4v) is 3.60. The number of carbonyl (C=O) groups excluding carboxylic acids is 1. The quantitative estimate of drug-likeness (QED) is 0.496. The van der Waals surface area contributed by atoms with Gasteiger partial charge in [-0.15, -0.1) is 0 Å². The van der Waals surface area contributed by atoms with Crippen LogP contribution in [0, 0.1) is 0 Å². The van der Waals surface area contributed by atoms with Gasteiger partial charge in [-0.3, -0.25) is 0 Å². The van der Waals surface area contributed by atoms with Crippen molar-refractivity contribution in [2.24, 2.45) is 0 Å². The zero-order chi connectivity index (χ0) is 21.1. The van der Waals surface area contributed by atoms with E-state index in [0.717, 1.165) is 27.9 Å². The third kappa shape index (κ3) is 3.77. The summed E-state index contributed by atoms with van der Waals surface area (Å²) in [6.45, 7) is -0.157. The van der Waals surface area contributed by atoms with E-state index in [1.807, 2.05) is 59.2 Å². The summed E-state index contributed by atoms with van der Waals surface area (Å²) in [4.78, 5) is 12.1. The molecule has 0 atom stereocenters. The fourth-order valence-electron chi connectivity index (χ4n) is 3.60. The van der Waals surface area contributed by atoms with E-state index < -0.39 is 5.97 Å². The molecule has 152 valence electrons. The molecule has 0 amide bonds. The minimum atomic E-state index is -0.431. The van der Waals surface area contributed by atoms with Gasteiger partial charge in [0.15, 0.2) is 0 Å². The van der Waals surface area contributed by atoms with Crippen molar-refractivity contribution in [2.75, 3.05) is 14.2 Å². The van der Waals surface area contributed by atoms with Gasteiger partial charge in [0.1, 0.15) is 5.75 Å². The van der Waals surface area contributed by atoms with Crippen LogP contribution in [0.4, 0.5) is 0 Å². The van der Waals surface area contributed by atoms with Crippen molar-refractivity contribution in [1.29, 1.82) is 0 Å². The topological polar surface area (TPSA) is 73.1 Å². The van der Waals surface area contributed by atoms with Crippen molar-refractivity contribution in [3.63, 3.8) is 0 Å². The summed E-state index contributed by atoms with van der Waals surface area (Å²) in [5, 5.41) is 14.4. The van der Waals surface area contributed by atoms with E-state index in [-0.39, 0.29) is 6.61 Å². The van der Waals surface area contributed by atoms with Crippen LogP contribution in [-0.4, -0.2) is 34.9 Å². The molecule has 0 aliphatic carbocycles. The lowest BCUT2D eigenvalue weighted by atomic mass is 9.97. The van der Waals surface area contributed by atoms with Crippen LogP contribution in [0.25, 0.3) is 16.8 Å². The fraction of sp³-hybridized carbons (Fsp3) is 0.167. The average Bonchev–Trinajstić information content (AvgIpc) is 3.16. The van der Waals surface area contributed by atoms with Crippen LogP contribution < -0.4 is 4.74 Å². The minimum Gasteiger partial charge on any atom is -0.495 e. The first kappa shape index (κ1) is 19.7. The molecule has 0 bridgehead atoms. The highest BCUT2D eigenvalue weighted by molar-refractivity contribution is 5.89. The number of fused-ring (bicyclic) bond motifs is 1. The van der Waals surface area contributed by atoms with Crippen molar-refractivity contribution in [3.8, 4) is 17.0 Å². The molecule has 0 radical (unpaired) electrons. The smallest absolute Gasteiger partial charge is 0.337 e. The average molecular weight is 402 g/mol. The van der Waals surface area contributed by atoms with Crippen LogP contribution >= 0.6 is 0 Å². The Hall–Kier alpha value is -3.64. The number of nitrogens with zero attached hydrogens (tertiary/aromatic N) is 2. The molecule has 0 spiro atoms. The highest BCUT2D eigenvalue weighted by atomic mass is 16.5. The van der Waals surface area contributed by atoms with Gasteiger partial charge < -0.3 is 14.6 Å². The molecule has 0 fully saturated rings. The largest absolute Gasteiger partial charge is 0.495 e. The number of aromatic nitrogens is 2. The lowest BCUT2D eigenvalue weighted by molar-refractivity contribution is 0.0600. The standard InChI is InChI=1S/C24H22N2O4/c1-29-20-8-9-22-21(23(25-26(22)14-20)18-6-4-3-5-7-18)13-16-10-17(15-27)12-19(11-16)24(28)30-2/h3-12,14,27H,13,15H2,1-2H3. The molecule has 2 aromatic heterocycles. The van der Waals surface area contributed by atoms with Crippen molar-refractivity contribution in [1.82, 2.24) is 9.61 Å². The SMILES string of the molecule is COC(=O)c1cc(CO)cc(Cc2c(-c3ccccc3)nn3cc(OC)ccc23)c1. The maximum atomic E-state index is 12.1. The Balaban J connectivity index is 1.87. The molecule has 0 saturated carbocycles. The summed E-state index contributed by atoms with van der Waals surface area (Å²) >= 11 is 0. The zero-order valence-electron chi connectivity index (χ0n) is 16.8. The summed E-state index contributed by atoms with van der Waals surface area (Å²) in [5.74, 6) is 0.283. The molecule has 30 heavy (non-hydrogen) atoms. The third-order valence-electron chi connectivity index (χ3n) is 5.02. The van der Waals surface area contributed by atoms with Gasteiger partial charge in [-0.05, 0) is 35.4 Å². The lowest BCUT2D eigenvalue weighted by Gasteiger charge is -2.09. The van der Waals surface area contributed by atoms with Gasteiger partial charge in [0.2, 0.25) is 0 Å². The molecule has 4 rings (SSSR count). The number of esters is 1. The number of benzene rings is 2. The predicted octanol–water partition coefficient (Wildman–Crippen LogP) is 3.88. The molecule has 6 heteroatoms. The molecule has 6 nitrogen and oxygen atoms in total. The summed E-state index contributed by atoms with van der Waals surface area (Å²) in [5.41, 5.74) is 5.80. The summed E-state index contributed by atoms with van der Waals surface area (Å²) in [6, 6.07) is 19.2. The Morgan fingerprint density at radius 3 is 2.50 bits per heavy atom. The van der Waals surface area contributed by atoms with Crippen LogP contribution in [0.1, 0.15) is 27.0 Å². The first-order chi connectivity index (χ1) is 14.6. The van der Waals surface area contributed by atoms with Crippen LogP contribution in [-0.2, 0) is 17.8 Å². The lowest BCUT2D eigenvalue weighted by Crippen LogP contribution is -2.04. The molecule has 2 aromatic carbocycles. The monoisotopic (exact) mass is 402 g/mol. The Bertz CT molecular complexity index is 1200. The van der Waals surface area contributed by atoms with Gasteiger partial charge in [-0.25, -0.2) is 9.31 Å². The minimum absolute atomic E-state index is 0.157. The number of ether oxygens (including phenoxy) is 2. The van der Waals surface area contributed by atoms with Crippen LogP contribution in [0.2, 0.25) is 0 Å². The van der Waals surface area contributed by atoms with E-state index in [2.05, 4.69) is 0 Å². The van der Waals surface area contributed by atoms with Gasteiger partial charge in [0.05, 0.1) is 43.8 Å². The second-order valence-corrected chi connectivity index (χ2v) is 6.96. The van der Waals surface area contributed by atoms with Crippen LogP contribution in [0.3, 0.4) is 0 Å². The van der Waals surface area contributed by atoms with Crippen LogP contribution in [0.15, 0.2) is 66.9 Å². The van der Waals surface area contributed by atoms with Crippen molar-refractivity contribution in [3.05, 3.63) is 89.1 Å². The summed E-state index contributed by atoms with van der Waals surface area (Å²) in [7, 11) is 2.97. The number of pyridine rings is 1. The molecule has 0 saturated heterocycles. The maximum Gasteiger partial charge on any atom is 0.337 e. The highest BCUT2D eigenvalue weighted by Gasteiger charge is 2.17. The van der Waals surface area contributed by atoms with Gasteiger partial charge in [-0.2, -0.15) is 5.10 Å². The van der Waals surface area contributed by atoms with Gasteiger partial charge in [-0.1, -0.05) is 36.4 Å². The van der Waals surface area contributed by atoms with Crippen molar-refractivity contribution < 1.29 is 19.4 Å². The maximum absolute atomic E-state index is 12.1. The third-order valence-corrected chi connectivity index (χ3v) is 5.02. The first-order valence-corrected chi connectivity index (χ1v) is 9.55. The van der Waals surface area contributed by atoms with E-state index in [9.17, 15) is 9.90 Å². The second-order valence-electron chi connectivity index (χ2n) is 6.96. The predicted molar refractivity (Wildman–Crippen MR) is 114 cm³/mol. The van der Waals surface area contributed by atoms with Gasteiger partial charge in [0, 0.05) is 17.5 Å². The molecular formula is C24H22N2O4. The van der Waals surface area contributed by atoms with Crippen molar-refractivity contribution >= 4 is 11.5 Å². The number of rotatable bonds is 6. The Labute approximate surface area is 174 Å². The van der Waals surface area contributed by atoms with E-state index in [1.165, 1.54) is 7.11 Å². The zero-order valence-corrected chi connectivity index (χ0v) is 16.8. The highest BCUT2D eigenvalue weighted by Crippen LogP contribution is 2.30. The van der Waals surface area contributed by atoms with E-state index in [0.29, 0.717) is 23.3 Å². The number of aliphatic hydroxyl groups excluding tert-OH is 1.